The summed E-state index contributed by atoms with van der Waals surface area (Å²) in [6.45, 7) is 11.2. The molecule has 2 heteroatoms. The van der Waals surface area contributed by atoms with Crippen molar-refractivity contribution in [2.75, 3.05) is 26.7 Å². The minimum absolute atomic E-state index is 0. The Bertz CT molecular complexity index is 259. The molecule has 0 aromatic carbocycles. The highest BCUT2D eigenvalue weighted by Crippen LogP contribution is 2.16. The summed E-state index contributed by atoms with van der Waals surface area (Å²) < 4.78 is 1.36. The van der Waals surface area contributed by atoms with Gasteiger partial charge in [-0.1, -0.05) is 117 Å². The highest BCUT2D eigenvalue weighted by molar-refractivity contribution is 4.51. The van der Waals surface area contributed by atoms with Crippen LogP contribution in [-0.2, 0) is 0 Å². The lowest BCUT2D eigenvalue weighted by atomic mass is 10.1. The summed E-state index contributed by atoms with van der Waals surface area (Å²) in [7, 11) is 2.57. The summed E-state index contributed by atoms with van der Waals surface area (Å²) in [5.74, 6) is 0. The Balaban J connectivity index is 0. The van der Waals surface area contributed by atoms with Crippen LogP contribution in [0.5, 0.6) is 0 Å². The first kappa shape index (κ1) is 32.6. The molecule has 0 amide bonds. The van der Waals surface area contributed by atoms with Crippen molar-refractivity contribution in [3.63, 3.8) is 0 Å². The van der Waals surface area contributed by atoms with Crippen LogP contribution in [0.1, 0.15) is 156 Å². The number of halogens is 1. The molecule has 0 spiro atoms. The summed E-state index contributed by atoms with van der Waals surface area (Å²) in [5.41, 5.74) is 0. The number of nitrogens with zero attached hydrogens (tertiary/aromatic N) is 1. The molecule has 0 heterocycles. The molecule has 30 heavy (non-hydrogen) atoms. The molecule has 0 aromatic rings. The largest absolute Gasteiger partial charge is 1.00 e. The van der Waals surface area contributed by atoms with Gasteiger partial charge in [0.15, 0.2) is 0 Å². The molecule has 1 nitrogen and oxygen atoms in total. The molecule has 0 atom stereocenters. The van der Waals surface area contributed by atoms with Crippen molar-refractivity contribution in [1.29, 1.82) is 0 Å². The van der Waals surface area contributed by atoms with Crippen molar-refractivity contribution in [2.45, 2.75) is 156 Å². The molecule has 0 N–H and O–H groups in total. The van der Waals surface area contributed by atoms with Gasteiger partial charge in [0.2, 0.25) is 0 Å². The maximum Gasteiger partial charge on any atom is 0.0784 e. The van der Waals surface area contributed by atoms with E-state index in [2.05, 4.69) is 27.8 Å². The predicted octanol–water partition coefficient (Wildman–Crippen LogP) is 6.69. The van der Waals surface area contributed by atoms with E-state index in [0.717, 1.165) is 0 Å². The third-order valence-electron chi connectivity index (χ3n) is 6.90. The fraction of sp³-hybridized carbons (Fsp3) is 1.00. The van der Waals surface area contributed by atoms with Gasteiger partial charge in [-0.3, -0.25) is 0 Å². The van der Waals surface area contributed by atoms with E-state index in [1.807, 2.05) is 0 Å². The zero-order chi connectivity index (χ0) is 21.5. The maximum absolute atomic E-state index is 2.57. The Kier molecular flexibility index (Phi) is 27.9. The minimum atomic E-state index is 0. The number of rotatable bonds is 24. The van der Waals surface area contributed by atoms with E-state index in [0.29, 0.717) is 0 Å². The Morgan fingerprint density at radius 2 is 0.533 bits per heavy atom. The van der Waals surface area contributed by atoms with E-state index < -0.39 is 0 Å². The zero-order valence-electron chi connectivity index (χ0n) is 21.8. The van der Waals surface area contributed by atoms with Crippen molar-refractivity contribution in [3.8, 4) is 0 Å². The molecule has 0 aliphatic heterocycles. The molecule has 184 valence electrons. The van der Waals surface area contributed by atoms with Crippen LogP contribution in [-0.4, -0.2) is 31.2 Å². The highest BCUT2D eigenvalue weighted by Gasteiger charge is 2.20. The van der Waals surface area contributed by atoms with E-state index in [4.69, 9.17) is 0 Å². The van der Waals surface area contributed by atoms with E-state index in [1.54, 1.807) is 0 Å². The van der Waals surface area contributed by atoms with Crippen LogP contribution >= 0.6 is 0 Å². The maximum atomic E-state index is 2.57. The van der Waals surface area contributed by atoms with Crippen molar-refractivity contribution >= 4 is 0 Å². The van der Waals surface area contributed by atoms with Gasteiger partial charge in [0.25, 0.3) is 0 Å². The van der Waals surface area contributed by atoms with E-state index >= 15 is 0 Å². The summed E-state index contributed by atoms with van der Waals surface area (Å²) in [4.78, 5) is 0. The van der Waals surface area contributed by atoms with Gasteiger partial charge in [0, 0.05) is 0 Å². The summed E-state index contributed by atoms with van der Waals surface area (Å²) in [5, 5.41) is 0. The van der Waals surface area contributed by atoms with Crippen LogP contribution in [0.4, 0.5) is 0 Å². The Labute approximate surface area is 203 Å². The molecule has 0 bridgehead atoms. The number of hydrogen-bond acceptors (Lipinski definition) is 0. The van der Waals surface area contributed by atoms with Crippen LogP contribution in [0, 0.1) is 0 Å². The minimum Gasteiger partial charge on any atom is -1.00 e. The topological polar surface area (TPSA) is 0 Å². The second-order valence-corrected chi connectivity index (χ2v) is 10.2. The summed E-state index contributed by atoms with van der Waals surface area (Å²) >= 11 is 0. The average molecular weight is 491 g/mol. The lowest BCUT2D eigenvalue weighted by molar-refractivity contribution is -0.910. The molecule has 0 saturated carbocycles. The molecule has 0 aliphatic carbocycles. The van der Waals surface area contributed by atoms with Gasteiger partial charge in [0.05, 0.1) is 26.7 Å². The second kappa shape index (κ2) is 25.7. The first-order valence-corrected chi connectivity index (χ1v) is 14.0. The van der Waals surface area contributed by atoms with Crippen molar-refractivity contribution in [3.05, 3.63) is 0 Å². The smallest absolute Gasteiger partial charge is 0.0784 e. The lowest BCUT2D eigenvalue weighted by Gasteiger charge is -2.35. The first-order valence-electron chi connectivity index (χ1n) is 14.0. The Morgan fingerprint density at radius 1 is 0.333 bits per heavy atom. The number of quaternary nitrogens is 1. The number of unbranched alkanes of at least 4 members (excludes halogenated alkanes) is 18. The number of hydrogen-bond donors (Lipinski definition) is 0. The molecule has 0 rings (SSSR count). The highest BCUT2D eigenvalue weighted by atomic mass is 79.9. The normalized spacial score (nSPS) is 11.6. The van der Waals surface area contributed by atoms with Crippen molar-refractivity contribution in [1.82, 2.24) is 0 Å². The van der Waals surface area contributed by atoms with E-state index in [1.165, 1.54) is 159 Å². The van der Waals surface area contributed by atoms with Crippen molar-refractivity contribution < 1.29 is 21.5 Å². The Morgan fingerprint density at radius 3 is 0.767 bits per heavy atom. The molecular weight excluding hydrogens is 430 g/mol. The van der Waals surface area contributed by atoms with Crippen LogP contribution in [0.2, 0.25) is 0 Å². The van der Waals surface area contributed by atoms with Gasteiger partial charge in [-0.05, 0) is 38.5 Å². The molecule has 0 aliphatic rings. The average Bonchev–Trinajstić information content (AvgIpc) is 2.72. The molecule has 0 unspecified atom stereocenters. The van der Waals surface area contributed by atoms with Gasteiger partial charge in [-0.15, -0.1) is 0 Å². The van der Waals surface area contributed by atoms with Crippen LogP contribution < -0.4 is 17.0 Å². The van der Waals surface area contributed by atoms with Gasteiger partial charge in [-0.25, -0.2) is 0 Å². The molecule has 0 aromatic heterocycles. The standard InChI is InChI=1S/C28H60N.BrH/c1-5-8-11-14-17-20-23-26-29(4,27-24-21-18-15-12-9-6-2)28-25-22-19-16-13-10-7-3;/h5-28H2,1-4H3;1H/q+1;/p-1. The first-order chi connectivity index (χ1) is 14.2. The summed E-state index contributed by atoms with van der Waals surface area (Å²) in [6.07, 6.45) is 30.3. The van der Waals surface area contributed by atoms with E-state index in [9.17, 15) is 0 Å². The second-order valence-electron chi connectivity index (χ2n) is 10.2. The van der Waals surface area contributed by atoms with Gasteiger partial charge < -0.3 is 21.5 Å². The van der Waals surface area contributed by atoms with Crippen LogP contribution in [0.25, 0.3) is 0 Å². The van der Waals surface area contributed by atoms with Gasteiger partial charge in [-0.2, -0.15) is 0 Å². The zero-order valence-corrected chi connectivity index (χ0v) is 23.4. The predicted molar refractivity (Wildman–Crippen MR) is 135 cm³/mol. The SMILES string of the molecule is CCCCCCCCC[N+](C)(CCCCCCCCC)CCCCCCCCC.[Br-]. The third kappa shape index (κ3) is 23.1. The molecule has 0 saturated heterocycles. The molecular formula is C28H60BrN. The lowest BCUT2D eigenvalue weighted by Crippen LogP contribution is -3.00. The van der Waals surface area contributed by atoms with Crippen LogP contribution in [0.15, 0.2) is 0 Å². The fourth-order valence-electron chi connectivity index (χ4n) is 4.69. The quantitative estimate of drug-likeness (QED) is 0.104. The van der Waals surface area contributed by atoms with E-state index in [-0.39, 0.29) is 17.0 Å². The van der Waals surface area contributed by atoms with Crippen LogP contribution in [0.3, 0.4) is 0 Å². The third-order valence-corrected chi connectivity index (χ3v) is 6.90. The van der Waals surface area contributed by atoms with Gasteiger partial charge in [0.1, 0.15) is 0 Å². The molecule has 0 radical (unpaired) electrons. The fourth-order valence-corrected chi connectivity index (χ4v) is 4.69. The Hall–Kier alpha value is 0.440. The monoisotopic (exact) mass is 489 g/mol. The molecule has 0 fully saturated rings. The van der Waals surface area contributed by atoms with Gasteiger partial charge >= 0.3 is 0 Å². The summed E-state index contributed by atoms with van der Waals surface area (Å²) in [6, 6.07) is 0. The van der Waals surface area contributed by atoms with Crippen molar-refractivity contribution in [2.24, 2.45) is 0 Å².